The summed E-state index contributed by atoms with van der Waals surface area (Å²) in [5, 5.41) is 9.06. The number of hydrogen-bond acceptors (Lipinski definition) is 4. The average Bonchev–Trinajstić information content (AvgIpc) is 2.37. The number of halogens is 1. The Labute approximate surface area is 116 Å². The maximum absolute atomic E-state index is 8.92. The lowest BCUT2D eigenvalue weighted by atomic mass is 10.1. The quantitative estimate of drug-likeness (QED) is 0.783. The number of nitrogens with zero attached hydrogens (tertiary/aromatic N) is 3. The number of hydrogen-bond donors (Lipinski definition) is 0. The Bertz CT molecular complexity index is 654. The largest absolute Gasteiger partial charge is 0.438 e. The Hall–Kier alpha value is -2.12. The highest BCUT2D eigenvalue weighted by atomic mass is 35.5. The van der Waals surface area contributed by atoms with E-state index in [0.29, 0.717) is 17.2 Å². The fraction of sp³-hybridized carbons (Fsp3) is 0.214. The Morgan fingerprint density at radius 1 is 1.16 bits per heavy atom. The zero-order valence-electron chi connectivity index (χ0n) is 10.9. The lowest BCUT2D eigenvalue weighted by Crippen LogP contribution is -1.97. The SMILES string of the molecule is Cc1cnc(Cl)nc1Oc1c(C)cc(C#N)cc1C. The first-order valence-electron chi connectivity index (χ1n) is 5.69. The van der Waals surface area contributed by atoms with Crippen molar-refractivity contribution in [2.75, 3.05) is 0 Å². The van der Waals surface area contributed by atoms with Crippen LogP contribution in [0.4, 0.5) is 0 Å². The molecule has 96 valence electrons. The molecule has 0 aliphatic carbocycles. The van der Waals surface area contributed by atoms with Crippen LogP contribution in [0, 0.1) is 32.1 Å². The van der Waals surface area contributed by atoms with E-state index in [1.165, 1.54) is 0 Å². The van der Waals surface area contributed by atoms with Crippen LogP contribution in [0.15, 0.2) is 18.3 Å². The summed E-state index contributed by atoms with van der Waals surface area (Å²) < 4.78 is 5.81. The highest BCUT2D eigenvalue weighted by Gasteiger charge is 2.11. The third-order valence-corrected chi connectivity index (χ3v) is 2.87. The molecule has 2 rings (SSSR count). The summed E-state index contributed by atoms with van der Waals surface area (Å²) in [6, 6.07) is 5.67. The molecule has 5 heteroatoms. The van der Waals surface area contributed by atoms with Crippen molar-refractivity contribution in [1.29, 1.82) is 5.26 Å². The minimum atomic E-state index is 0.143. The summed E-state index contributed by atoms with van der Waals surface area (Å²) >= 11 is 5.77. The summed E-state index contributed by atoms with van der Waals surface area (Å²) in [5.74, 6) is 1.12. The maximum Gasteiger partial charge on any atom is 0.226 e. The van der Waals surface area contributed by atoms with Gasteiger partial charge in [-0.25, -0.2) is 4.98 Å². The molecule has 1 heterocycles. The Balaban J connectivity index is 2.44. The normalized spacial score (nSPS) is 10.1. The van der Waals surface area contributed by atoms with Gasteiger partial charge in [0, 0.05) is 11.8 Å². The van der Waals surface area contributed by atoms with E-state index in [0.717, 1.165) is 16.7 Å². The predicted octanol–water partition coefficient (Wildman–Crippen LogP) is 3.72. The number of nitriles is 1. The molecule has 0 aliphatic rings. The van der Waals surface area contributed by atoms with Crippen molar-refractivity contribution in [1.82, 2.24) is 9.97 Å². The second-order valence-corrected chi connectivity index (χ2v) is 4.62. The third kappa shape index (κ3) is 2.83. The van der Waals surface area contributed by atoms with E-state index in [9.17, 15) is 0 Å². The molecule has 2 aromatic rings. The van der Waals surface area contributed by atoms with Gasteiger partial charge in [-0.1, -0.05) is 0 Å². The van der Waals surface area contributed by atoms with Gasteiger partial charge in [0.1, 0.15) is 5.75 Å². The van der Waals surface area contributed by atoms with Crippen LogP contribution < -0.4 is 4.74 Å². The molecule has 0 fully saturated rings. The van der Waals surface area contributed by atoms with Gasteiger partial charge >= 0.3 is 0 Å². The molecule has 0 bridgehead atoms. The molecule has 0 spiro atoms. The summed E-state index contributed by atoms with van der Waals surface area (Å²) in [7, 11) is 0. The van der Waals surface area contributed by atoms with E-state index in [4.69, 9.17) is 21.6 Å². The Morgan fingerprint density at radius 2 is 1.79 bits per heavy atom. The van der Waals surface area contributed by atoms with Crippen molar-refractivity contribution < 1.29 is 4.74 Å². The van der Waals surface area contributed by atoms with Crippen molar-refractivity contribution in [3.05, 3.63) is 45.9 Å². The topological polar surface area (TPSA) is 58.8 Å². The number of ether oxygens (including phenoxy) is 1. The minimum Gasteiger partial charge on any atom is -0.438 e. The lowest BCUT2D eigenvalue weighted by molar-refractivity contribution is 0.450. The van der Waals surface area contributed by atoms with E-state index in [-0.39, 0.29) is 5.28 Å². The van der Waals surface area contributed by atoms with E-state index in [1.54, 1.807) is 18.3 Å². The molecule has 0 saturated carbocycles. The smallest absolute Gasteiger partial charge is 0.226 e. The molecule has 1 aromatic carbocycles. The van der Waals surface area contributed by atoms with Crippen LogP contribution in [0.1, 0.15) is 22.3 Å². The van der Waals surface area contributed by atoms with Crippen molar-refractivity contribution >= 4 is 11.6 Å². The molecular formula is C14H12ClN3O. The van der Waals surface area contributed by atoms with Gasteiger partial charge in [-0.3, -0.25) is 0 Å². The first-order valence-corrected chi connectivity index (χ1v) is 6.07. The molecule has 0 radical (unpaired) electrons. The number of aryl methyl sites for hydroxylation is 3. The second-order valence-electron chi connectivity index (χ2n) is 4.28. The van der Waals surface area contributed by atoms with Crippen molar-refractivity contribution in [3.63, 3.8) is 0 Å². The van der Waals surface area contributed by atoms with E-state index >= 15 is 0 Å². The van der Waals surface area contributed by atoms with E-state index in [1.807, 2.05) is 20.8 Å². The van der Waals surface area contributed by atoms with Gasteiger partial charge in [0.25, 0.3) is 0 Å². The zero-order valence-corrected chi connectivity index (χ0v) is 11.6. The minimum absolute atomic E-state index is 0.143. The summed E-state index contributed by atoms with van der Waals surface area (Å²) in [4.78, 5) is 7.94. The fourth-order valence-electron chi connectivity index (χ4n) is 1.78. The van der Waals surface area contributed by atoms with E-state index in [2.05, 4.69) is 16.0 Å². The fourth-order valence-corrected chi connectivity index (χ4v) is 1.91. The first kappa shape index (κ1) is 13.3. The monoisotopic (exact) mass is 273 g/mol. The summed E-state index contributed by atoms with van der Waals surface area (Å²) in [6.07, 6.45) is 1.61. The molecule has 0 atom stereocenters. The molecule has 0 unspecified atom stereocenters. The van der Waals surface area contributed by atoms with Crippen LogP contribution in [0.3, 0.4) is 0 Å². The lowest BCUT2D eigenvalue weighted by Gasteiger charge is -2.12. The van der Waals surface area contributed by atoms with Crippen LogP contribution in [0.5, 0.6) is 11.6 Å². The van der Waals surface area contributed by atoms with Crippen molar-refractivity contribution in [2.45, 2.75) is 20.8 Å². The summed E-state index contributed by atoms with van der Waals surface area (Å²) in [6.45, 7) is 5.63. The Kier molecular flexibility index (Phi) is 3.68. The first-order chi connectivity index (χ1) is 9.01. The predicted molar refractivity (Wildman–Crippen MR) is 72.5 cm³/mol. The molecule has 0 saturated heterocycles. The number of rotatable bonds is 2. The van der Waals surface area contributed by atoms with Crippen LogP contribution in [0.25, 0.3) is 0 Å². The van der Waals surface area contributed by atoms with Gasteiger partial charge in [-0.2, -0.15) is 10.2 Å². The maximum atomic E-state index is 8.92. The van der Waals surface area contributed by atoms with Gasteiger partial charge in [0.15, 0.2) is 0 Å². The second kappa shape index (κ2) is 5.25. The highest BCUT2D eigenvalue weighted by Crippen LogP contribution is 2.30. The number of aromatic nitrogens is 2. The molecule has 1 aromatic heterocycles. The summed E-state index contributed by atoms with van der Waals surface area (Å²) in [5.41, 5.74) is 3.17. The molecule has 0 N–H and O–H groups in total. The molecular weight excluding hydrogens is 262 g/mol. The van der Waals surface area contributed by atoms with Crippen LogP contribution in [-0.2, 0) is 0 Å². The van der Waals surface area contributed by atoms with E-state index < -0.39 is 0 Å². The van der Waals surface area contributed by atoms with Gasteiger partial charge in [-0.05, 0) is 55.6 Å². The molecule has 0 aliphatic heterocycles. The van der Waals surface area contributed by atoms with Crippen LogP contribution >= 0.6 is 11.6 Å². The van der Waals surface area contributed by atoms with Crippen LogP contribution in [0.2, 0.25) is 5.28 Å². The van der Waals surface area contributed by atoms with Gasteiger partial charge in [0.05, 0.1) is 11.6 Å². The van der Waals surface area contributed by atoms with Gasteiger partial charge < -0.3 is 4.74 Å². The van der Waals surface area contributed by atoms with Gasteiger partial charge in [0.2, 0.25) is 11.2 Å². The Morgan fingerprint density at radius 3 is 2.37 bits per heavy atom. The van der Waals surface area contributed by atoms with Crippen molar-refractivity contribution in [2.24, 2.45) is 0 Å². The standard InChI is InChI=1S/C14H12ClN3O/c1-8-4-11(6-16)5-9(2)12(8)19-13-10(3)7-17-14(15)18-13/h4-5,7H,1-3H3. The van der Waals surface area contributed by atoms with Crippen molar-refractivity contribution in [3.8, 4) is 17.7 Å². The van der Waals surface area contributed by atoms with Crippen LogP contribution in [-0.4, -0.2) is 9.97 Å². The molecule has 19 heavy (non-hydrogen) atoms. The van der Waals surface area contributed by atoms with Gasteiger partial charge in [-0.15, -0.1) is 0 Å². The zero-order chi connectivity index (χ0) is 14.0. The molecule has 4 nitrogen and oxygen atoms in total. The number of benzene rings is 1. The molecule has 0 amide bonds. The average molecular weight is 274 g/mol. The third-order valence-electron chi connectivity index (χ3n) is 2.68. The highest BCUT2D eigenvalue weighted by molar-refractivity contribution is 6.28.